The lowest BCUT2D eigenvalue weighted by Crippen LogP contribution is -2.16. The average molecular weight is 381 g/mol. The maximum Gasteiger partial charge on any atom is 0.255 e. The zero-order valence-electron chi connectivity index (χ0n) is 10.4. The second-order valence-electron chi connectivity index (χ2n) is 4.00. The molecule has 6 heteroatoms. The van der Waals surface area contributed by atoms with Gasteiger partial charge in [0.25, 0.3) is 5.91 Å². The van der Waals surface area contributed by atoms with Gasteiger partial charge in [0.05, 0.1) is 5.69 Å². The van der Waals surface area contributed by atoms with Crippen molar-refractivity contribution in [1.29, 1.82) is 0 Å². The third kappa shape index (κ3) is 3.27. The second-order valence-corrected chi connectivity index (χ2v) is 5.16. The van der Waals surface area contributed by atoms with E-state index in [4.69, 9.17) is 10.9 Å². The van der Waals surface area contributed by atoms with Gasteiger partial charge in [0, 0.05) is 14.7 Å². The fraction of sp³-hybridized carbons (Fsp3) is 0. The number of para-hydroxylation sites is 1. The van der Waals surface area contributed by atoms with Gasteiger partial charge in [-0.15, -0.1) is 0 Å². The number of amides is 1. The van der Waals surface area contributed by atoms with Gasteiger partial charge in [-0.1, -0.05) is 29.4 Å². The molecule has 0 saturated heterocycles. The standard InChI is InChI=1S/C14H12IN3O2/c15-11-6-1-2-7-12(11)17-14(19)10-5-3-4-9(8-10)13(16)18-20/h1-8,20H,(H2,16,18)(H,17,19). The lowest BCUT2D eigenvalue weighted by molar-refractivity contribution is 0.102. The van der Waals surface area contributed by atoms with E-state index in [2.05, 4.69) is 33.1 Å². The van der Waals surface area contributed by atoms with Crippen molar-refractivity contribution in [1.82, 2.24) is 0 Å². The highest BCUT2D eigenvalue weighted by Crippen LogP contribution is 2.18. The summed E-state index contributed by atoms with van der Waals surface area (Å²) in [5.41, 5.74) is 7.18. The van der Waals surface area contributed by atoms with Crippen LogP contribution in [0, 0.1) is 3.57 Å². The maximum atomic E-state index is 12.2. The number of carbonyl (C=O) groups is 1. The molecule has 0 radical (unpaired) electrons. The molecule has 5 nitrogen and oxygen atoms in total. The van der Waals surface area contributed by atoms with Crippen molar-refractivity contribution in [2.24, 2.45) is 10.9 Å². The van der Waals surface area contributed by atoms with E-state index >= 15 is 0 Å². The second kappa shape index (κ2) is 6.38. The number of amidine groups is 1. The van der Waals surface area contributed by atoms with Crippen molar-refractivity contribution >= 4 is 40.0 Å². The van der Waals surface area contributed by atoms with E-state index in [0.717, 1.165) is 9.26 Å². The largest absolute Gasteiger partial charge is 0.409 e. The highest BCUT2D eigenvalue weighted by Gasteiger charge is 2.09. The molecule has 0 heterocycles. The monoisotopic (exact) mass is 381 g/mol. The van der Waals surface area contributed by atoms with Gasteiger partial charge in [0.1, 0.15) is 0 Å². The molecule has 0 unspecified atom stereocenters. The number of hydrogen-bond donors (Lipinski definition) is 3. The highest BCUT2D eigenvalue weighted by atomic mass is 127. The summed E-state index contributed by atoms with van der Waals surface area (Å²) in [5.74, 6) is -0.282. The van der Waals surface area contributed by atoms with Crippen LogP contribution in [0.3, 0.4) is 0 Å². The summed E-state index contributed by atoms with van der Waals surface area (Å²) in [6, 6.07) is 14.1. The van der Waals surface area contributed by atoms with E-state index in [9.17, 15) is 4.79 Å². The Morgan fingerprint density at radius 2 is 1.85 bits per heavy atom. The van der Waals surface area contributed by atoms with Gasteiger partial charge in [-0.2, -0.15) is 0 Å². The third-order valence-electron chi connectivity index (χ3n) is 2.65. The molecule has 4 N–H and O–H groups in total. The summed E-state index contributed by atoms with van der Waals surface area (Å²) in [7, 11) is 0. The number of rotatable bonds is 3. The fourth-order valence-electron chi connectivity index (χ4n) is 1.63. The van der Waals surface area contributed by atoms with Crippen LogP contribution in [0.2, 0.25) is 0 Å². The van der Waals surface area contributed by atoms with Crippen LogP contribution in [-0.2, 0) is 0 Å². The Kier molecular flexibility index (Phi) is 4.57. The van der Waals surface area contributed by atoms with Crippen LogP contribution in [0.25, 0.3) is 0 Å². The topological polar surface area (TPSA) is 87.7 Å². The number of halogens is 1. The van der Waals surface area contributed by atoms with Gasteiger partial charge in [0.2, 0.25) is 0 Å². The minimum absolute atomic E-state index is 0.0334. The SMILES string of the molecule is N/C(=N\O)c1cccc(C(=O)Nc2ccccc2I)c1. The summed E-state index contributed by atoms with van der Waals surface area (Å²) in [6.45, 7) is 0. The first-order chi connectivity index (χ1) is 9.61. The number of anilines is 1. The summed E-state index contributed by atoms with van der Waals surface area (Å²) >= 11 is 2.15. The van der Waals surface area contributed by atoms with Crippen LogP contribution < -0.4 is 11.1 Å². The number of nitrogens with zero attached hydrogens (tertiary/aromatic N) is 1. The minimum Gasteiger partial charge on any atom is -0.409 e. The van der Waals surface area contributed by atoms with Gasteiger partial charge in [-0.25, -0.2) is 0 Å². The van der Waals surface area contributed by atoms with Gasteiger partial charge in [-0.05, 0) is 46.9 Å². The summed E-state index contributed by atoms with van der Waals surface area (Å²) in [4.78, 5) is 12.2. The molecule has 0 aliphatic heterocycles. The number of benzene rings is 2. The van der Waals surface area contributed by atoms with E-state index < -0.39 is 0 Å². The van der Waals surface area contributed by atoms with E-state index in [0.29, 0.717) is 11.1 Å². The molecule has 0 spiro atoms. The van der Waals surface area contributed by atoms with E-state index in [-0.39, 0.29) is 11.7 Å². The Morgan fingerprint density at radius 1 is 1.15 bits per heavy atom. The van der Waals surface area contributed by atoms with Crippen LogP contribution in [0.4, 0.5) is 5.69 Å². The highest BCUT2D eigenvalue weighted by molar-refractivity contribution is 14.1. The van der Waals surface area contributed by atoms with E-state index in [1.54, 1.807) is 24.3 Å². The normalized spacial score (nSPS) is 11.2. The Morgan fingerprint density at radius 3 is 2.55 bits per heavy atom. The first-order valence-corrected chi connectivity index (χ1v) is 6.83. The van der Waals surface area contributed by atoms with Gasteiger partial charge >= 0.3 is 0 Å². The molecule has 0 atom stereocenters. The minimum atomic E-state index is -0.248. The van der Waals surface area contributed by atoms with Crippen LogP contribution >= 0.6 is 22.6 Å². The number of carbonyl (C=O) groups excluding carboxylic acids is 1. The van der Waals surface area contributed by atoms with Gasteiger partial charge in [0.15, 0.2) is 5.84 Å². The molecule has 102 valence electrons. The summed E-state index contributed by atoms with van der Waals surface area (Å²) < 4.78 is 0.950. The van der Waals surface area contributed by atoms with Crippen molar-refractivity contribution in [3.63, 3.8) is 0 Å². The number of nitrogens with one attached hydrogen (secondary N) is 1. The van der Waals surface area contributed by atoms with Gasteiger partial charge < -0.3 is 16.3 Å². The van der Waals surface area contributed by atoms with Crippen molar-refractivity contribution in [2.45, 2.75) is 0 Å². The smallest absolute Gasteiger partial charge is 0.255 e. The van der Waals surface area contributed by atoms with Crippen molar-refractivity contribution < 1.29 is 10.0 Å². The number of oxime groups is 1. The molecule has 2 rings (SSSR count). The van der Waals surface area contributed by atoms with Crippen LogP contribution in [-0.4, -0.2) is 17.0 Å². The molecule has 2 aromatic rings. The Hall–Kier alpha value is -2.09. The number of hydrogen-bond acceptors (Lipinski definition) is 3. The van der Waals surface area contributed by atoms with Crippen molar-refractivity contribution in [3.8, 4) is 0 Å². The Balaban J connectivity index is 2.24. The molecule has 2 aromatic carbocycles. The van der Waals surface area contributed by atoms with E-state index in [1.165, 1.54) is 0 Å². The lowest BCUT2D eigenvalue weighted by Gasteiger charge is -2.08. The zero-order valence-corrected chi connectivity index (χ0v) is 12.5. The molecule has 20 heavy (non-hydrogen) atoms. The molecule has 0 saturated carbocycles. The van der Waals surface area contributed by atoms with E-state index in [1.807, 2.05) is 24.3 Å². The molecule has 1 amide bonds. The van der Waals surface area contributed by atoms with Crippen molar-refractivity contribution in [3.05, 3.63) is 63.2 Å². The Bertz CT molecular complexity index is 671. The third-order valence-corrected chi connectivity index (χ3v) is 3.59. The van der Waals surface area contributed by atoms with Crippen LogP contribution in [0.15, 0.2) is 53.7 Å². The lowest BCUT2D eigenvalue weighted by atomic mass is 10.1. The first-order valence-electron chi connectivity index (χ1n) is 5.75. The first kappa shape index (κ1) is 14.3. The van der Waals surface area contributed by atoms with Crippen molar-refractivity contribution in [2.75, 3.05) is 5.32 Å². The van der Waals surface area contributed by atoms with Gasteiger partial charge in [-0.3, -0.25) is 4.79 Å². The number of nitrogens with two attached hydrogens (primary N) is 1. The summed E-state index contributed by atoms with van der Waals surface area (Å²) in [6.07, 6.45) is 0. The molecule has 0 aliphatic carbocycles. The maximum absolute atomic E-state index is 12.2. The van der Waals surface area contributed by atoms with Crippen LogP contribution in [0.1, 0.15) is 15.9 Å². The summed E-state index contributed by atoms with van der Waals surface area (Å²) in [5, 5.41) is 14.4. The molecular formula is C14H12IN3O2. The predicted octanol–water partition coefficient (Wildman–Crippen LogP) is 2.64. The molecule has 0 aromatic heterocycles. The molecule has 0 aliphatic rings. The fourth-order valence-corrected chi connectivity index (χ4v) is 2.16. The molecular weight excluding hydrogens is 369 g/mol. The van der Waals surface area contributed by atoms with Crippen LogP contribution in [0.5, 0.6) is 0 Å². The average Bonchev–Trinajstić information content (AvgIpc) is 2.49. The zero-order chi connectivity index (χ0) is 14.5. The Labute approximate surface area is 129 Å². The molecule has 0 bridgehead atoms. The predicted molar refractivity (Wildman–Crippen MR) is 86.1 cm³/mol. The molecule has 0 fully saturated rings. The quantitative estimate of drug-likeness (QED) is 0.251.